The number of benzene rings is 2. The van der Waals surface area contributed by atoms with Gasteiger partial charge >= 0.3 is 0 Å². The zero-order valence-corrected chi connectivity index (χ0v) is 17.4. The zero-order chi connectivity index (χ0) is 21.2. The Hall–Kier alpha value is -2.60. The molecule has 29 heavy (non-hydrogen) atoms. The molecule has 1 atom stereocenters. The average Bonchev–Trinajstić information content (AvgIpc) is 2.71. The molecule has 5 nitrogen and oxygen atoms in total. The molecule has 0 aliphatic heterocycles. The molecule has 0 bridgehead atoms. The van der Waals surface area contributed by atoms with Crippen molar-refractivity contribution in [1.29, 1.82) is 0 Å². The van der Waals surface area contributed by atoms with Crippen molar-refractivity contribution >= 4 is 23.4 Å². The quantitative estimate of drug-likeness (QED) is 0.586. The maximum atomic E-state index is 14.1. The molecule has 0 aliphatic rings. The van der Waals surface area contributed by atoms with Gasteiger partial charge in [0.05, 0.1) is 6.61 Å². The summed E-state index contributed by atoms with van der Waals surface area (Å²) in [5.41, 5.74) is 0.370. The number of nitrogens with one attached hydrogen (secondary N) is 1. The van der Waals surface area contributed by atoms with E-state index < -0.39 is 11.9 Å². The molecule has 0 heterocycles. The SMILES string of the molecule is CCNC(=O)[C@@H](C)N(Cc1ccccc1F)C(=O)CCCOc1ccc(Cl)cc1. The van der Waals surface area contributed by atoms with Gasteiger partial charge in [-0.25, -0.2) is 4.39 Å². The highest BCUT2D eigenvalue weighted by atomic mass is 35.5. The summed E-state index contributed by atoms with van der Waals surface area (Å²) in [6, 6.07) is 12.5. The molecular formula is C22H26ClFN2O3. The normalized spacial score (nSPS) is 11.6. The maximum absolute atomic E-state index is 14.1. The monoisotopic (exact) mass is 420 g/mol. The van der Waals surface area contributed by atoms with Gasteiger partial charge in [0.1, 0.15) is 17.6 Å². The largest absolute Gasteiger partial charge is 0.494 e. The first-order valence-electron chi connectivity index (χ1n) is 9.61. The number of ether oxygens (including phenoxy) is 1. The fourth-order valence-electron chi connectivity index (χ4n) is 2.80. The molecule has 0 saturated heterocycles. The van der Waals surface area contributed by atoms with Crippen LogP contribution in [0.1, 0.15) is 32.3 Å². The van der Waals surface area contributed by atoms with Crippen molar-refractivity contribution in [2.24, 2.45) is 0 Å². The van der Waals surface area contributed by atoms with Gasteiger partial charge in [-0.1, -0.05) is 29.8 Å². The second kappa shape index (κ2) is 11.4. The summed E-state index contributed by atoms with van der Waals surface area (Å²) in [6.45, 7) is 4.29. The third kappa shape index (κ3) is 7.06. The van der Waals surface area contributed by atoms with Gasteiger partial charge in [0.25, 0.3) is 0 Å². The molecule has 1 N–H and O–H groups in total. The topological polar surface area (TPSA) is 58.6 Å². The number of hydrogen-bond donors (Lipinski definition) is 1. The van der Waals surface area contributed by atoms with Crippen LogP contribution in [-0.4, -0.2) is 35.9 Å². The van der Waals surface area contributed by atoms with Crippen molar-refractivity contribution in [2.45, 2.75) is 39.3 Å². The van der Waals surface area contributed by atoms with E-state index in [-0.39, 0.29) is 24.8 Å². The number of carbonyl (C=O) groups excluding carboxylic acids is 2. The molecular weight excluding hydrogens is 395 g/mol. The van der Waals surface area contributed by atoms with Crippen molar-refractivity contribution in [3.05, 3.63) is 64.9 Å². The molecule has 2 aromatic carbocycles. The summed E-state index contributed by atoms with van der Waals surface area (Å²) in [6.07, 6.45) is 0.656. The van der Waals surface area contributed by atoms with E-state index in [2.05, 4.69) is 5.32 Å². The van der Waals surface area contributed by atoms with E-state index in [1.807, 2.05) is 6.92 Å². The second-order valence-corrected chi connectivity index (χ2v) is 7.03. The van der Waals surface area contributed by atoms with Crippen LogP contribution in [0.4, 0.5) is 4.39 Å². The Kier molecular flexibility index (Phi) is 8.93. The van der Waals surface area contributed by atoms with Crippen LogP contribution in [0, 0.1) is 5.82 Å². The van der Waals surface area contributed by atoms with E-state index in [9.17, 15) is 14.0 Å². The van der Waals surface area contributed by atoms with Crippen molar-refractivity contribution in [3.63, 3.8) is 0 Å². The first kappa shape index (κ1) is 22.7. The van der Waals surface area contributed by atoms with Crippen LogP contribution in [0.3, 0.4) is 0 Å². The molecule has 0 radical (unpaired) electrons. The van der Waals surface area contributed by atoms with Gasteiger partial charge in [-0.3, -0.25) is 9.59 Å². The van der Waals surface area contributed by atoms with Crippen LogP contribution in [0.15, 0.2) is 48.5 Å². The Bertz CT molecular complexity index is 814. The van der Waals surface area contributed by atoms with Gasteiger partial charge in [-0.2, -0.15) is 0 Å². The van der Waals surface area contributed by atoms with Crippen molar-refractivity contribution in [2.75, 3.05) is 13.2 Å². The van der Waals surface area contributed by atoms with Crippen molar-refractivity contribution in [1.82, 2.24) is 10.2 Å². The summed E-state index contributed by atoms with van der Waals surface area (Å²) < 4.78 is 19.7. The summed E-state index contributed by atoms with van der Waals surface area (Å²) >= 11 is 5.84. The molecule has 2 aromatic rings. The van der Waals surface area contributed by atoms with Gasteiger partial charge in [-0.05, 0) is 50.6 Å². The number of amides is 2. The number of hydrogen-bond acceptors (Lipinski definition) is 3. The lowest BCUT2D eigenvalue weighted by Crippen LogP contribution is -2.47. The van der Waals surface area contributed by atoms with Gasteiger partial charge in [-0.15, -0.1) is 0 Å². The standard InChI is InChI=1S/C22H26ClFN2O3/c1-3-25-22(28)16(2)26(15-17-7-4-5-8-20(17)24)21(27)9-6-14-29-19-12-10-18(23)11-13-19/h4-5,7-8,10-13,16H,3,6,9,14-15H2,1-2H3,(H,25,28)/t16-/m1/s1. The van der Waals surface area contributed by atoms with Crippen LogP contribution in [0.2, 0.25) is 5.02 Å². The highest BCUT2D eigenvalue weighted by Crippen LogP contribution is 2.17. The lowest BCUT2D eigenvalue weighted by molar-refractivity contribution is -0.140. The number of rotatable bonds is 10. The first-order valence-corrected chi connectivity index (χ1v) is 9.99. The lowest BCUT2D eigenvalue weighted by Gasteiger charge is -2.29. The molecule has 2 amide bonds. The van der Waals surface area contributed by atoms with E-state index in [0.717, 1.165) is 0 Å². The van der Waals surface area contributed by atoms with Gasteiger partial charge in [0, 0.05) is 30.1 Å². The minimum Gasteiger partial charge on any atom is -0.494 e. The van der Waals surface area contributed by atoms with E-state index in [1.54, 1.807) is 49.4 Å². The van der Waals surface area contributed by atoms with Crippen LogP contribution >= 0.6 is 11.6 Å². The van der Waals surface area contributed by atoms with Gasteiger partial charge in [0.15, 0.2) is 0 Å². The van der Waals surface area contributed by atoms with Crippen molar-refractivity contribution in [3.8, 4) is 5.75 Å². The number of nitrogens with zero attached hydrogens (tertiary/aromatic N) is 1. The third-order valence-electron chi connectivity index (χ3n) is 4.43. The Labute approximate surface area is 175 Å². The number of carbonyl (C=O) groups is 2. The maximum Gasteiger partial charge on any atom is 0.242 e. The Morgan fingerprint density at radius 1 is 1.17 bits per heavy atom. The van der Waals surface area contributed by atoms with Gasteiger partial charge in [0.2, 0.25) is 11.8 Å². The fourth-order valence-corrected chi connectivity index (χ4v) is 2.93. The Morgan fingerprint density at radius 3 is 2.52 bits per heavy atom. The van der Waals surface area contributed by atoms with Crippen LogP contribution in [0.5, 0.6) is 5.75 Å². The Balaban J connectivity index is 1.98. The van der Waals surface area contributed by atoms with Crippen LogP contribution in [-0.2, 0) is 16.1 Å². The lowest BCUT2D eigenvalue weighted by atomic mass is 10.1. The molecule has 0 spiro atoms. The molecule has 2 rings (SSSR count). The molecule has 7 heteroatoms. The molecule has 0 fully saturated rings. The second-order valence-electron chi connectivity index (χ2n) is 6.59. The van der Waals surface area contributed by atoms with Gasteiger partial charge < -0.3 is 15.0 Å². The molecule has 0 aliphatic carbocycles. The summed E-state index contributed by atoms with van der Waals surface area (Å²) in [7, 11) is 0. The van der Waals surface area contributed by atoms with Crippen LogP contribution < -0.4 is 10.1 Å². The smallest absolute Gasteiger partial charge is 0.242 e. The predicted octanol–water partition coefficient (Wildman–Crippen LogP) is 4.19. The highest BCUT2D eigenvalue weighted by Gasteiger charge is 2.26. The van der Waals surface area contributed by atoms with Crippen LogP contribution in [0.25, 0.3) is 0 Å². The zero-order valence-electron chi connectivity index (χ0n) is 16.7. The molecule has 0 aromatic heterocycles. The van der Waals surface area contributed by atoms with E-state index >= 15 is 0 Å². The van der Waals surface area contributed by atoms with Crippen molar-refractivity contribution < 1.29 is 18.7 Å². The number of likely N-dealkylation sites (N-methyl/N-ethyl adjacent to an activating group) is 1. The average molecular weight is 421 g/mol. The minimum absolute atomic E-state index is 0.0296. The Morgan fingerprint density at radius 2 is 1.86 bits per heavy atom. The van der Waals surface area contributed by atoms with E-state index in [1.165, 1.54) is 11.0 Å². The third-order valence-corrected chi connectivity index (χ3v) is 4.69. The minimum atomic E-state index is -0.709. The molecule has 0 unspecified atom stereocenters. The first-order chi connectivity index (χ1) is 13.9. The van der Waals surface area contributed by atoms with E-state index in [4.69, 9.17) is 16.3 Å². The summed E-state index contributed by atoms with van der Waals surface area (Å²) in [4.78, 5) is 26.5. The summed E-state index contributed by atoms with van der Waals surface area (Å²) in [5.74, 6) is -0.235. The van der Waals surface area contributed by atoms with E-state index in [0.29, 0.717) is 35.9 Å². The fraction of sp³-hybridized carbons (Fsp3) is 0.364. The number of halogens is 2. The predicted molar refractivity (Wildman–Crippen MR) is 111 cm³/mol. The highest BCUT2D eigenvalue weighted by molar-refractivity contribution is 6.30. The summed E-state index contributed by atoms with van der Waals surface area (Å²) in [5, 5.41) is 3.33. The molecule has 0 saturated carbocycles. The molecule has 156 valence electrons.